The zero-order valence-electron chi connectivity index (χ0n) is 14.9. The molecule has 4 nitrogen and oxygen atoms in total. The van der Waals surface area contributed by atoms with E-state index < -0.39 is 0 Å². The minimum absolute atomic E-state index is 0.953. The summed E-state index contributed by atoms with van der Waals surface area (Å²) in [6.07, 6.45) is 8.51. The van der Waals surface area contributed by atoms with E-state index in [-0.39, 0.29) is 0 Å². The fourth-order valence-corrected chi connectivity index (χ4v) is 4.78. The lowest BCUT2D eigenvalue weighted by atomic mass is 10.0. The van der Waals surface area contributed by atoms with Crippen molar-refractivity contribution in [3.05, 3.63) is 84.4 Å². The highest BCUT2D eigenvalue weighted by atomic mass is 15.0. The van der Waals surface area contributed by atoms with Crippen molar-refractivity contribution in [3.63, 3.8) is 0 Å². The third-order valence-corrected chi connectivity index (χ3v) is 5.97. The number of hydrogen-bond acceptors (Lipinski definition) is 3. The van der Waals surface area contributed by atoms with E-state index in [1.54, 1.807) is 0 Å². The van der Waals surface area contributed by atoms with Gasteiger partial charge >= 0.3 is 0 Å². The number of pyridine rings is 3. The number of benzene rings is 2. The van der Waals surface area contributed by atoms with E-state index in [0.29, 0.717) is 0 Å². The Kier molecular flexibility index (Phi) is 2.51. The molecular weight excluding hydrogens is 344 g/mol. The molecule has 0 saturated heterocycles. The Bertz CT molecular complexity index is 1590. The molecule has 0 bridgehead atoms. The molecule has 0 atom stereocenters. The van der Waals surface area contributed by atoms with Crippen LogP contribution in [0.2, 0.25) is 0 Å². The molecule has 2 aromatic carbocycles. The molecule has 0 unspecified atom stereocenters. The van der Waals surface area contributed by atoms with Crippen LogP contribution in [0.4, 0.5) is 0 Å². The van der Waals surface area contributed by atoms with Crippen molar-refractivity contribution in [1.82, 2.24) is 19.4 Å². The van der Waals surface area contributed by atoms with Gasteiger partial charge in [-0.2, -0.15) is 0 Å². The molecule has 28 heavy (non-hydrogen) atoms. The van der Waals surface area contributed by atoms with Crippen molar-refractivity contribution >= 4 is 38.4 Å². The first kappa shape index (κ1) is 14.3. The predicted molar refractivity (Wildman–Crippen MR) is 112 cm³/mol. The zero-order valence-corrected chi connectivity index (χ0v) is 14.9. The Morgan fingerprint density at radius 3 is 2.54 bits per heavy atom. The van der Waals surface area contributed by atoms with E-state index in [2.05, 4.69) is 62.9 Å². The summed E-state index contributed by atoms with van der Waals surface area (Å²) in [5.41, 5.74) is 9.58. The number of hydrogen-bond donors (Lipinski definition) is 0. The maximum atomic E-state index is 5.17. The van der Waals surface area contributed by atoms with Gasteiger partial charge in [0.25, 0.3) is 0 Å². The van der Waals surface area contributed by atoms with Crippen molar-refractivity contribution < 1.29 is 0 Å². The Morgan fingerprint density at radius 1 is 0.714 bits per heavy atom. The maximum Gasteiger partial charge on any atom is 0.147 e. The molecule has 0 radical (unpaired) electrons. The second-order valence-electron chi connectivity index (χ2n) is 7.39. The summed E-state index contributed by atoms with van der Waals surface area (Å²) in [5, 5.41) is 3.31. The molecule has 4 heteroatoms. The van der Waals surface area contributed by atoms with Gasteiger partial charge in [-0.1, -0.05) is 30.3 Å². The molecule has 0 amide bonds. The van der Waals surface area contributed by atoms with Crippen LogP contribution < -0.4 is 0 Å². The molecule has 4 heterocycles. The molecule has 0 fully saturated rings. The Labute approximate surface area is 160 Å². The van der Waals surface area contributed by atoms with E-state index in [1.165, 1.54) is 22.3 Å². The van der Waals surface area contributed by atoms with Crippen LogP contribution in [0.1, 0.15) is 11.1 Å². The fraction of sp³-hybridized carbons (Fsp3) is 0.0417. The van der Waals surface area contributed by atoms with Gasteiger partial charge in [-0.3, -0.25) is 14.4 Å². The van der Waals surface area contributed by atoms with Crippen LogP contribution in [-0.2, 0) is 6.42 Å². The Balaban J connectivity index is 1.77. The quantitative estimate of drug-likeness (QED) is 0.352. The van der Waals surface area contributed by atoms with E-state index in [0.717, 1.165) is 44.8 Å². The van der Waals surface area contributed by atoms with Crippen molar-refractivity contribution in [2.24, 2.45) is 0 Å². The predicted octanol–water partition coefficient (Wildman–Crippen LogP) is 5.16. The van der Waals surface area contributed by atoms with Crippen LogP contribution in [-0.4, -0.2) is 19.4 Å². The van der Waals surface area contributed by atoms with Crippen LogP contribution >= 0.6 is 0 Å². The molecule has 1 aliphatic rings. The lowest BCUT2D eigenvalue weighted by Gasteiger charge is -2.08. The van der Waals surface area contributed by atoms with E-state index in [1.807, 2.05) is 24.8 Å². The van der Waals surface area contributed by atoms with Gasteiger partial charge in [0.15, 0.2) is 0 Å². The molecule has 0 spiro atoms. The minimum Gasteiger partial charge on any atom is -0.292 e. The lowest BCUT2D eigenvalue weighted by molar-refractivity contribution is 1.26. The molecule has 6 aromatic rings. The maximum absolute atomic E-state index is 5.17. The summed E-state index contributed by atoms with van der Waals surface area (Å²) >= 11 is 0. The highest BCUT2D eigenvalue weighted by Crippen LogP contribution is 2.42. The number of fused-ring (bicyclic) bond motifs is 12. The van der Waals surface area contributed by atoms with Crippen LogP contribution in [0.25, 0.3) is 49.5 Å². The first-order chi connectivity index (χ1) is 13.9. The Morgan fingerprint density at radius 2 is 1.57 bits per heavy atom. The summed E-state index contributed by atoms with van der Waals surface area (Å²) in [6, 6.07) is 17.3. The van der Waals surface area contributed by atoms with Crippen molar-refractivity contribution in [2.45, 2.75) is 6.42 Å². The van der Waals surface area contributed by atoms with Gasteiger partial charge in [0.05, 0.1) is 16.6 Å². The number of imidazole rings is 1. The zero-order chi connectivity index (χ0) is 18.2. The molecular formula is C24H14N4. The molecule has 7 rings (SSSR count). The summed E-state index contributed by atoms with van der Waals surface area (Å²) in [6.45, 7) is 0. The highest BCUT2D eigenvalue weighted by molar-refractivity contribution is 6.14. The Hall–Kier alpha value is -3.79. The highest BCUT2D eigenvalue weighted by Gasteiger charge is 2.24. The third kappa shape index (κ3) is 1.63. The topological polar surface area (TPSA) is 43.1 Å². The molecule has 0 saturated carbocycles. The van der Waals surface area contributed by atoms with E-state index in [4.69, 9.17) is 4.98 Å². The number of aromatic nitrogens is 4. The van der Waals surface area contributed by atoms with Gasteiger partial charge < -0.3 is 0 Å². The van der Waals surface area contributed by atoms with Crippen molar-refractivity contribution in [2.75, 3.05) is 0 Å². The second kappa shape index (κ2) is 4.93. The largest absolute Gasteiger partial charge is 0.292 e. The summed E-state index contributed by atoms with van der Waals surface area (Å²) in [7, 11) is 0. The number of rotatable bonds is 0. The summed E-state index contributed by atoms with van der Waals surface area (Å²) in [5.74, 6) is 0. The molecule has 0 N–H and O–H groups in total. The van der Waals surface area contributed by atoms with Gasteiger partial charge in [-0.15, -0.1) is 0 Å². The standard InChI is InChI=1S/C24H14N4/c1-2-4-16-14(3-1)11-15-5-6-21-23(22(15)16)27-24-19-13-25-9-7-17(19)18-12-26-10-8-20(18)28(21)24/h1-10,12-13H,11H2. The SMILES string of the molecule is c1ccc2c(c1)Cc1ccc3c(nc4c5cnccc5c5cnccc5n34)c1-2. The van der Waals surface area contributed by atoms with Gasteiger partial charge in [0.1, 0.15) is 5.65 Å². The van der Waals surface area contributed by atoms with Gasteiger partial charge in [0, 0.05) is 41.1 Å². The smallest absolute Gasteiger partial charge is 0.147 e. The molecule has 4 aromatic heterocycles. The first-order valence-corrected chi connectivity index (χ1v) is 9.42. The van der Waals surface area contributed by atoms with E-state index in [9.17, 15) is 0 Å². The minimum atomic E-state index is 0.953. The molecule has 0 aliphatic heterocycles. The number of nitrogens with zero attached hydrogens (tertiary/aromatic N) is 4. The van der Waals surface area contributed by atoms with E-state index >= 15 is 0 Å². The van der Waals surface area contributed by atoms with Crippen molar-refractivity contribution in [3.8, 4) is 11.1 Å². The first-order valence-electron chi connectivity index (χ1n) is 9.42. The van der Waals surface area contributed by atoms with Crippen LogP contribution in [0, 0.1) is 0 Å². The monoisotopic (exact) mass is 358 g/mol. The van der Waals surface area contributed by atoms with Crippen LogP contribution in [0.3, 0.4) is 0 Å². The fourth-order valence-electron chi connectivity index (χ4n) is 4.78. The van der Waals surface area contributed by atoms with Gasteiger partial charge in [-0.05, 0) is 46.7 Å². The van der Waals surface area contributed by atoms with Crippen LogP contribution in [0.5, 0.6) is 0 Å². The molecule has 130 valence electrons. The summed E-state index contributed by atoms with van der Waals surface area (Å²) in [4.78, 5) is 13.9. The average Bonchev–Trinajstić information content (AvgIpc) is 3.32. The van der Waals surface area contributed by atoms with Crippen LogP contribution in [0.15, 0.2) is 73.3 Å². The average molecular weight is 358 g/mol. The van der Waals surface area contributed by atoms with Crippen molar-refractivity contribution in [1.29, 1.82) is 0 Å². The normalized spacial score (nSPS) is 12.9. The molecule has 1 aliphatic carbocycles. The third-order valence-electron chi connectivity index (χ3n) is 5.97. The summed E-state index contributed by atoms with van der Waals surface area (Å²) < 4.78 is 2.26. The van der Waals surface area contributed by atoms with Gasteiger partial charge in [-0.25, -0.2) is 4.98 Å². The lowest BCUT2D eigenvalue weighted by Crippen LogP contribution is -1.92. The van der Waals surface area contributed by atoms with Gasteiger partial charge in [0.2, 0.25) is 0 Å². The second-order valence-corrected chi connectivity index (χ2v) is 7.39.